The lowest BCUT2D eigenvalue weighted by molar-refractivity contribution is -0.123. The monoisotopic (exact) mass is 324 g/mol. The van der Waals surface area contributed by atoms with E-state index >= 15 is 0 Å². The molecule has 5 nitrogen and oxygen atoms in total. The van der Waals surface area contributed by atoms with E-state index in [0.717, 1.165) is 31.5 Å². The quantitative estimate of drug-likeness (QED) is 0.856. The van der Waals surface area contributed by atoms with E-state index in [0.29, 0.717) is 6.54 Å². The molecule has 2 rings (SSSR count). The largest absolute Gasteiger partial charge is 0.356 e. The molecule has 0 aliphatic carbocycles. The Balaban J connectivity index is 2.29. The molecule has 6 heteroatoms. The first-order chi connectivity index (χ1) is 10.4. The van der Waals surface area contributed by atoms with Crippen molar-refractivity contribution in [3.8, 4) is 0 Å². The highest BCUT2D eigenvalue weighted by atomic mass is 32.2. The number of hydrogen-bond donors (Lipinski definition) is 2. The highest BCUT2D eigenvalue weighted by molar-refractivity contribution is 7.90. The summed E-state index contributed by atoms with van der Waals surface area (Å²) in [4.78, 5) is 12.8. The molecule has 1 amide bonds. The van der Waals surface area contributed by atoms with Gasteiger partial charge in [0, 0.05) is 12.8 Å². The summed E-state index contributed by atoms with van der Waals surface area (Å²) in [6, 6.07) is 6.74. The van der Waals surface area contributed by atoms with E-state index in [1.165, 1.54) is 6.26 Å². The van der Waals surface area contributed by atoms with Crippen molar-refractivity contribution in [3.05, 3.63) is 29.8 Å². The van der Waals surface area contributed by atoms with Crippen molar-refractivity contribution in [1.29, 1.82) is 0 Å². The average Bonchev–Trinajstić information content (AvgIpc) is 2.48. The smallest absolute Gasteiger partial charge is 0.227 e. The van der Waals surface area contributed by atoms with Crippen molar-refractivity contribution >= 4 is 15.7 Å². The number of amides is 1. The Kier molecular flexibility index (Phi) is 5.58. The van der Waals surface area contributed by atoms with E-state index < -0.39 is 9.84 Å². The Hall–Kier alpha value is -1.40. The van der Waals surface area contributed by atoms with E-state index in [-0.39, 0.29) is 22.6 Å². The van der Waals surface area contributed by atoms with Crippen LogP contribution in [0.1, 0.15) is 31.2 Å². The molecule has 1 atom stereocenters. The molecule has 0 saturated carbocycles. The van der Waals surface area contributed by atoms with Crippen LogP contribution in [0.4, 0.5) is 0 Å². The van der Waals surface area contributed by atoms with E-state index in [1.807, 2.05) is 6.92 Å². The summed E-state index contributed by atoms with van der Waals surface area (Å²) in [5.41, 5.74) is 0.894. The van der Waals surface area contributed by atoms with Gasteiger partial charge < -0.3 is 10.6 Å². The van der Waals surface area contributed by atoms with Gasteiger partial charge in [0.25, 0.3) is 0 Å². The van der Waals surface area contributed by atoms with Crippen LogP contribution in [0.3, 0.4) is 0 Å². The third kappa shape index (κ3) is 4.08. The molecule has 0 bridgehead atoms. The topological polar surface area (TPSA) is 75.3 Å². The molecule has 22 heavy (non-hydrogen) atoms. The van der Waals surface area contributed by atoms with Crippen molar-refractivity contribution < 1.29 is 13.2 Å². The van der Waals surface area contributed by atoms with Gasteiger partial charge in [-0.2, -0.15) is 0 Å². The number of rotatable bonds is 5. The van der Waals surface area contributed by atoms with Crippen molar-refractivity contribution in [2.75, 3.05) is 25.9 Å². The highest BCUT2D eigenvalue weighted by Crippen LogP contribution is 2.32. The van der Waals surface area contributed by atoms with Gasteiger partial charge in [-0.3, -0.25) is 4.79 Å². The fourth-order valence-corrected chi connectivity index (χ4v) is 3.65. The first-order valence-corrected chi connectivity index (χ1v) is 9.61. The highest BCUT2D eigenvalue weighted by Gasteiger charge is 2.30. The molecule has 1 aromatic carbocycles. The standard InChI is InChI=1S/C16H24N2O3S/c1-3-18-16(19)15(13-8-10-17-11-9-13)12-4-6-14(7-5-12)22(2,20)21/h4-7,13,15,17H,3,8-11H2,1-2H3,(H,18,19). The van der Waals surface area contributed by atoms with Crippen LogP contribution >= 0.6 is 0 Å². The minimum absolute atomic E-state index is 0.0292. The molecule has 1 aliphatic heterocycles. The van der Waals surface area contributed by atoms with Crippen LogP contribution in [-0.4, -0.2) is 40.2 Å². The molecule has 2 N–H and O–H groups in total. The lowest BCUT2D eigenvalue weighted by atomic mass is 9.80. The van der Waals surface area contributed by atoms with E-state index in [4.69, 9.17) is 0 Å². The summed E-state index contributed by atoms with van der Waals surface area (Å²) in [5.74, 6) is 0.106. The van der Waals surface area contributed by atoms with Crippen molar-refractivity contribution in [2.45, 2.75) is 30.6 Å². The molecule has 0 radical (unpaired) electrons. The van der Waals surface area contributed by atoms with Crippen LogP contribution in [0.15, 0.2) is 29.2 Å². The Morgan fingerprint density at radius 3 is 2.36 bits per heavy atom. The third-order valence-corrected chi connectivity index (χ3v) is 5.28. The maximum atomic E-state index is 12.5. The summed E-state index contributed by atoms with van der Waals surface area (Å²) < 4.78 is 23.1. The summed E-state index contributed by atoms with van der Waals surface area (Å²) in [7, 11) is -3.21. The van der Waals surface area contributed by atoms with Crippen LogP contribution < -0.4 is 10.6 Å². The minimum atomic E-state index is -3.21. The second-order valence-electron chi connectivity index (χ2n) is 5.80. The molecule has 1 aromatic rings. The van der Waals surface area contributed by atoms with Gasteiger partial charge in [0.05, 0.1) is 10.8 Å². The van der Waals surface area contributed by atoms with E-state index in [9.17, 15) is 13.2 Å². The van der Waals surface area contributed by atoms with Crippen molar-refractivity contribution in [1.82, 2.24) is 10.6 Å². The van der Waals surface area contributed by atoms with Crippen molar-refractivity contribution in [3.63, 3.8) is 0 Å². The molecule has 1 heterocycles. The summed E-state index contributed by atoms with van der Waals surface area (Å²) >= 11 is 0. The molecule has 1 aliphatic rings. The normalized spacial score (nSPS) is 17.9. The number of benzene rings is 1. The number of nitrogens with one attached hydrogen (secondary N) is 2. The first-order valence-electron chi connectivity index (χ1n) is 7.72. The van der Waals surface area contributed by atoms with Gasteiger partial charge in [-0.1, -0.05) is 12.1 Å². The minimum Gasteiger partial charge on any atom is -0.356 e. The fourth-order valence-electron chi connectivity index (χ4n) is 3.02. The van der Waals surface area contributed by atoms with E-state index in [1.54, 1.807) is 24.3 Å². The van der Waals surface area contributed by atoms with Gasteiger partial charge >= 0.3 is 0 Å². The third-order valence-electron chi connectivity index (χ3n) is 4.16. The van der Waals surface area contributed by atoms with Gasteiger partial charge in [-0.25, -0.2) is 8.42 Å². The van der Waals surface area contributed by atoms with Crippen LogP contribution in [0.25, 0.3) is 0 Å². The Bertz CT molecular complexity index is 605. The van der Waals surface area contributed by atoms with Gasteiger partial charge in [0.15, 0.2) is 9.84 Å². The predicted molar refractivity (Wildman–Crippen MR) is 86.6 cm³/mol. The number of carbonyl (C=O) groups is 1. The molecule has 122 valence electrons. The maximum Gasteiger partial charge on any atom is 0.227 e. The van der Waals surface area contributed by atoms with Crippen LogP contribution in [-0.2, 0) is 14.6 Å². The number of carbonyl (C=O) groups excluding carboxylic acids is 1. The van der Waals surface area contributed by atoms with Crippen molar-refractivity contribution in [2.24, 2.45) is 5.92 Å². The SMILES string of the molecule is CCNC(=O)C(c1ccc(S(C)(=O)=O)cc1)C1CCNCC1. The number of piperidine rings is 1. The van der Waals surface area contributed by atoms with Gasteiger partial charge in [0.2, 0.25) is 5.91 Å². The Morgan fingerprint density at radius 1 is 1.27 bits per heavy atom. The van der Waals surface area contributed by atoms with Gasteiger partial charge in [-0.15, -0.1) is 0 Å². The first kappa shape index (κ1) is 17.0. The Labute approximate surface area is 132 Å². The summed E-state index contributed by atoms with van der Waals surface area (Å²) in [6.07, 6.45) is 3.10. The molecular formula is C16H24N2O3S. The lowest BCUT2D eigenvalue weighted by Gasteiger charge is -2.30. The number of hydrogen-bond acceptors (Lipinski definition) is 4. The fraction of sp³-hybridized carbons (Fsp3) is 0.562. The zero-order valence-electron chi connectivity index (χ0n) is 13.1. The average molecular weight is 324 g/mol. The molecule has 0 spiro atoms. The summed E-state index contributed by atoms with van der Waals surface area (Å²) in [5, 5.41) is 6.22. The van der Waals surface area contributed by atoms with Crippen LogP contribution in [0.5, 0.6) is 0 Å². The molecule has 1 fully saturated rings. The lowest BCUT2D eigenvalue weighted by Crippen LogP contribution is -2.38. The second kappa shape index (κ2) is 7.24. The zero-order chi connectivity index (χ0) is 16.2. The van der Waals surface area contributed by atoms with E-state index in [2.05, 4.69) is 10.6 Å². The molecular weight excluding hydrogens is 300 g/mol. The maximum absolute atomic E-state index is 12.5. The molecule has 0 aromatic heterocycles. The second-order valence-corrected chi connectivity index (χ2v) is 7.82. The summed E-state index contributed by atoms with van der Waals surface area (Å²) in [6.45, 7) is 4.34. The zero-order valence-corrected chi connectivity index (χ0v) is 13.9. The number of likely N-dealkylation sites (N-methyl/N-ethyl adjacent to an activating group) is 1. The van der Waals surface area contributed by atoms with Crippen LogP contribution in [0, 0.1) is 5.92 Å². The van der Waals surface area contributed by atoms with Gasteiger partial charge in [-0.05, 0) is 56.5 Å². The van der Waals surface area contributed by atoms with Crippen LogP contribution in [0.2, 0.25) is 0 Å². The molecule has 1 unspecified atom stereocenters. The number of sulfone groups is 1. The Morgan fingerprint density at radius 2 is 1.86 bits per heavy atom. The molecule has 1 saturated heterocycles. The van der Waals surface area contributed by atoms with Gasteiger partial charge in [0.1, 0.15) is 0 Å². The predicted octanol–water partition coefficient (Wildman–Crippen LogP) is 1.31.